The fourth-order valence-electron chi connectivity index (χ4n) is 4.93. The van der Waals surface area contributed by atoms with Gasteiger partial charge in [0, 0.05) is 5.92 Å². The van der Waals surface area contributed by atoms with Crippen LogP contribution in [-0.4, -0.2) is 47.4 Å². The Morgan fingerprint density at radius 3 is 1.95 bits per heavy atom. The van der Waals surface area contributed by atoms with Crippen LogP contribution in [0.3, 0.4) is 0 Å². The summed E-state index contributed by atoms with van der Waals surface area (Å²) >= 11 is 0. The van der Waals surface area contributed by atoms with Crippen molar-refractivity contribution < 1.29 is 29.0 Å². The average molecular weight is 559 g/mol. The standard InChI is InChI=1S/C33H38N2O6/c1-21(40-19-22-13-7-6-8-14-22)28(29(36)37)34-30(38)32(2,3)33(4,5)35-31(39)41-20-27-25-17-11-9-15-23(25)24-16-10-12-18-26(24)27/h6-18,21,27-28H,19-20H2,1-5H3,(H,34,38)(H,35,39)(H,36,37). The molecule has 1 aliphatic carbocycles. The van der Waals surface area contributed by atoms with Gasteiger partial charge in [0.25, 0.3) is 0 Å². The lowest BCUT2D eigenvalue weighted by Crippen LogP contribution is -2.62. The predicted molar refractivity (Wildman–Crippen MR) is 156 cm³/mol. The molecule has 4 rings (SSSR count). The van der Waals surface area contributed by atoms with Gasteiger partial charge in [0.05, 0.1) is 23.7 Å². The zero-order chi connectivity index (χ0) is 29.8. The van der Waals surface area contributed by atoms with Crippen molar-refractivity contribution in [2.24, 2.45) is 5.41 Å². The maximum atomic E-state index is 13.4. The molecule has 0 aliphatic heterocycles. The van der Waals surface area contributed by atoms with Crippen LogP contribution in [0.2, 0.25) is 0 Å². The van der Waals surface area contributed by atoms with E-state index >= 15 is 0 Å². The second-order valence-corrected chi connectivity index (χ2v) is 11.5. The molecule has 8 nitrogen and oxygen atoms in total. The third kappa shape index (κ3) is 6.43. The summed E-state index contributed by atoms with van der Waals surface area (Å²) in [6, 6.07) is 24.2. The van der Waals surface area contributed by atoms with Crippen molar-refractivity contribution in [1.82, 2.24) is 10.6 Å². The molecule has 0 fully saturated rings. The van der Waals surface area contributed by atoms with Crippen LogP contribution < -0.4 is 10.6 Å². The number of amides is 2. The molecule has 0 radical (unpaired) electrons. The van der Waals surface area contributed by atoms with Gasteiger partial charge in [-0.2, -0.15) is 0 Å². The zero-order valence-corrected chi connectivity index (χ0v) is 24.1. The van der Waals surface area contributed by atoms with E-state index in [1.807, 2.05) is 66.7 Å². The maximum Gasteiger partial charge on any atom is 0.407 e. The van der Waals surface area contributed by atoms with Crippen LogP contribution in [0.15, 0.2) is 78.9 Å². The van der Waals surface area contributed by atoms with Crippen LogP contribution in [-0.2, 0) is 25.7 Å². The number of hydrogen-bond acceptors (Lipinski definition) is 5. The van der Waals surface area contributed by atoms with Crippen molar-refractivity contribution in [2.75, 3.05) is 6.61 Å². The summed E-state index contributed by atoms with van der Waals surface area (Å²) in [7, 11) is 0. The summed E-state index contributed by atoms with van der Waals surface area (Å²) in [5, 5.41) is 15.3. The molecule has 2 unspecified atom stereocenters. The van der Waals surface area contributed by atoms with Crippen LogP contribution >= 0.6 is 0 Å². The molecule has 3 N–H and O–H groups in total. The van der Waals surface area contributed by atoms with E-state index in [2.05, 4.69) is 22.8 Å². The highest BCUT2D eigenvalue weighted by atomic mass is 16.5. The highest BCUT2D eigenvalue weighted by Gasteiger charge is 2.46. The summed E-state index contributed by atoms with van der Waals surface area (Å²) in [4.78, 5) is 38.4. The first kappa shape index (κ1) is 29.8. The van der Waals surface area contributed by atoms with Crippen LogP contribution in [0.25, 0.3) is 11.1 Å². The normalized spacial score (nSPS) is 14.4. The van der Waals surface area contributed by atoms with Gasteiger partial charge in [-0.15, -0.1) is 0 Å². The number of alkyl carbamates (subject to hydrolysis) is 1. The Kier molecular flexibility index (Phi) is 8.83. The van der Waals surface area contributed by atoms with E-state index in [4.69, 9.17) is 9.47 Å². The number of aliphatic carboxylic acids is 1. The highest BCUT2D eigenvalue weighted by Crippen LogP contribution is 2.44. The quantitative estimate of drug-likeness (QED) is 0.286. The van der Waals surface area contributed by atoms with Crippen molar-refractivity contribution in [1.29, 1.82) is 0 Å². The Balaban J connectivity index is 1.37. The van der Waals surface area contributed by atoms with Gasteiger partial charge >= 0.3 is 12.1 Å². The molecule has 0 saturated carbocycles. The van der Waals surface area contributed by atoms with Gasteiger partial charge in [-0.3, -0.25) is 4.79 Å². The smallest absolute Gasteiger partial charge is 0.407 e. The molecule has 0 aromatic heterocycles. The summed E-state index contributed by atoms with van der Waals surface area (Å²) in [5.41, 5.74) is 3.06. The number of carboxylic acid groups (broad SMARTS) is 1. The molecule has 0 heterocycles. The van der Waals surface area contributed by atoms with Crippen LogP contribution in [0, 0.1) is 5.41 Å². The summed E-state index contributed by atoms with van der Waals surface area (Å²) in [6.07, 6.45) is -1.46. The van der Waals surface area contributed by atoms with Gasteiger partial charge in [0.1, 0.15) is 6.61 Å². The van der Waals surface area contributed by atoms with Gasteiger partial charge in [-0.05, 0) is 62.4 Å². The van der Waals surface area contributed by atoms with Gasteiger partial charge in [0.15, 0.2) is 6.04 Å². The van der Waals surface area contributed by atoms with E-state index in [0.29, 0.717) is 0 Å². The topological polar surface area (TPSA) is 114 Å². The van der Waals surface area contributed by atoms with Crippen molar-refractivity contribution >= 4 is 18.0 Å². The fraction of sp³-hybridized carbons (Fsp3) is 0.364. The number of nitrogens with one attached hydrogen (secondary N) is 2. The van der Waals surface area contributed by atoms with Crippen molar-refractivity contribution in [3.05, 3.63) is 95.6 Å². The van der Waals surface area contributed by atoms with Crippen molar-refractivity contribution in [2.45, 2.75) is 64.8 Å². The molecule has 0 saturated heterocycles. The third-order valence-electron chi connectivity index (χ3n) is 8.27. The fourth-order valence-corrected chi connectivity index (χ4v) is 4.93. The van der Waals surface area contributed by atoms with Crippen LogP contribution in [0.4, 0.5) is 4.79 Å². The monoisotopic (exact) mass is 558 g/mol. The van der Waals surface area contributed by atoms with E-state index in [1.165, 1.54) is 0 Å². The van der Waals surface area contributed by atoms with Crippen molar-refractivity contribution in [3.8, 4) is 11.1 Å². The number of fused-ring (bicyclic) bond motifs is 3. The maximum absolute atomic E-state index is 13.4. The largest absolute Gasteiger partial charge is 0.480 e. The third-order valence-corrected chi connectivity index (χ3v) is 8.27. The van der Waals surface area contributed by atoms with Gasteiger partial charge < -0.3 is 25.2 Å². The first-order valence-electron chi connectivity index (χ1n) is 13.7. The molecule has 216 valence electrons. The average Bonchev–Trinajstić information content (AvgIpc) is 3.27. The Hall–Kier alpha value is -4.17. The molecule has 3 aromatic rings. The first-order chi connectivity index (χ1) is 19.4. The summed E-state index contributed by atoms with van der Waals surface area (Å²) < 4.78 is 11.4. The number of hydrogen-bond donors (Lipinski definition) is 3. The summed E-state index contributed by atoms with van der Waals surface area (Å²) in [5.74, 6) is -1.85. The Morgan fingerprint density at radius 2 is 1.39 bits per heavy atom. The summed E-state index contributed by atoms with van der Waals surface area (Å²) in [6.45, 7) is 8.67. The number of carboxylic acids is 1. The lowest BCUT2D eigenvalue weighted by Gasteiger charge is -2.41. The highest BCUT2D eigenvalue weighted by molar-refractivity contribution is 5.89. The number of carbonyl (C=O) groups excluding carboxylic acids is 2. The number of ether oxygens (including phenoxy) is 2. The lowest BCUT2D eigenvalue weighted by atomic mass is 9.73. The minimum absolute atomic E-state index is 0.0960. The molecular weight excluding hydrogens is 520 g/mol. The van der Waals surface area contributed by atoms with E-state index in [0.717, 1.165) is 27.8 Å². The number of rotatable bonds is 11. The Labute approximate surface area is 241 Å². The van der Waals surface area contributed by atoms with E-state index in [1.54, 1.807) is 34.6 Å². The molecule has 0 spiro atoms. The van der Waals surface area contributed by atoms with Gasteiger partial charge in [-0.1, -0.05) is 78.9 Å². The molecule has 3 aromatic carbocycles. The Bertz CT molecular complexity index is 1360. The van der Waals surface area contributed by atoms with E-state index < -0.39 is 41.1 Å². The Morgan fingerprint density at radius 1 is 0.854 bits per heavy atom. The van der Waals surface area contributed by atoms with Gasteiger partial charge in [-0.25, -0.2) is 9.59 Å². The van der Waals surface area contributed by atoms with Crippen LogP contribution in [0.1, 0.15) is 57.2 Å². The number of benzene rings is 3. The molecule has 1 aliphatic rings. The molecule has 2 atom stereocenters. The lowest BCUT2D eigenvalue weighted by molar-refractivity contribution is -0.149. The number of carbonyl (C=O) groups is 3. The molecule has 41 heavy (non-hydrogen) atoms. The minimum atomic E-state index is -1.28. The van der Waals surface area contributed by atoms with E-state index in [-0.39, 0.29) is 19.1 Å². The van der Waals surface area contributed by atoms with E-state index in [9.17, 15) is 19.5 Å². The molecular formula is C33H38N2O6. The second kappa shape index (κ2) is 12.1. The minimum Gasteiger partial charge on any atom is -0.480 e. The molecule has 2 amide bonds. The first-order valence-corrected chi connectivity index (χ1v) is 13.7. The van der Waals surface area contributed by atoms with Gasteiger partial charge in [0.2, 0.25) is 5.91 Å². The van der Waals surface area contributed by atoms with Crippen molar-refractivity contribution in [3.63, 3.8) is 0 Å². The SMILES string of the molecule is CC(OCc1ccccc1)C(NC(=O)C(C)(C)C(C)(C)NC(=O)OCC1c2ccccc2-c2ccccc21)C(=O)O. The second-order valence-electron chi connectivity index (χ2n) is 11.5. The molecule has 8 heteroatoms. The predicted octanol–water partition coefficient (Wildman–Crippen LogP) is 5.50. The zero-order valence-electron chi connectivity index (χ0n) is 24.1. The molecule has 0 bridgehead atoms. The van der Waals surface area contributed by atoms with Crippen LogP contribution in [0.5, 0.6) is 0 Å².